The van der Waals surface area contributed by atoms with Crippen molar-refractivity contribution in [1.82, 2.24) is 15.3 Å². The van der Waals surface area contributed by atoms with Crippen molar-refractivity contribution in [2.75, 3.05) is 6.54 Å². The summed E-state index contributed by atoms with van der Waals surface area (Å²) in [6.45, 7) is 3.51. The molecule has 1 unspecified atom stereocenters. The van der Waals surface area contributed by atoms with Gasteiger partial charge in [-0.25, -0.2) is 4.98 Å². The minimum absolute atomic E-state index is 0.0525. The van der Waals surface area contributed by atoms with E-state index in [1.165, 1.54) is 0 Å². The molecule has 1 aliphatic carbocycles. The van der Waals surface area contributed by atoms with E-state index in [4.69, 9.17) is 0 Å². The summed E-state index contributed by atoms with van der Waals surface area (Å²) in [6.07, 6.45) is 2.34. The number of nitrogens with one attached hydrogen (secondary N) is 2. The van der Waals surface area contributed by atoms with E-state index in [2.05, 4.69) is 15.3 Å². The number of aliphatic hydroxyl groups is 1. The van der Waals surface area contributed by atoms with Crippen molar-refractivity contribution in [3.63, 3.8) is 0 Å². The smallest absolute Gasteiger partial charge is 0.279 e. The molecule has 1 atom stereocenters. The zero-order chi connectivity index (χ0) is 17.3. The first-order chi connectivity index (χ1) is 11.4. The summed E-state index contributed by atoms with van der Waals surface area (Å²) in [6, 6.07) is 7.72. The number of amides is 1. The van der Waals surface area contributed by atoms with Gasteiger partial charge in [0.25, 0.3) is 11.5 Å². The van der Waals surface area contributed by atoms with Crippen molar-refractivity contribution in [2.45, 2.75) is 38.7 Å². The molecule has 1 aliphatic rings. The largest absolute Gasteiger partial charge is 0.383 e. The number of H-pyrrole nitrogens is 1. The lowest BCUT2D eigenvalue weighted by molar-refractivity contribution is 0.0188. The highest BCUT2D eigenvalue weighted by Crippen LogP contribution is 2.34. The van der Waals surface area contributed by atoms with E-state index in [1.54, 1.807) is 13.8 Å². The molecule has 0 spiro atoms. The van der Waals surface area contributed by atoms with E-state index in [0.717, 1.165) is 24.0 Å². The molecule has 3 rings (SSSR count). The van der Waals surface area contributed by atoms with Crippen LogP contribution in [0.4, 0.5) is 0 Å². The minimum atomic E-state index is -1.11. The molecule has 0 fully saturated rings. The van der Waals surface area contributed by atoms with Crippen molar-refractivity contribution in [2.24, 2.45) is 0 Å². The van der Waals surface area contributed by atoms with Crippen molar-refractivity contribution in [1.29, 1.82) is 0 Å². The summed E-state index contributed by atoms with van der Waals surface area (Å²) in [5.41, 5.74) is 1.37. The Bertz CT molecular complexity index is 844. The SMILES string of the molecule is Cc1nc(C(=O)NCC2(O)CCCc3ccccc32)c(=O)[nH]c1C. The molecular weight excluding hydrogens is 306 g/mol. The second-order valence-electron chi connectivity index (χ2n) is 6.35. The number of hydrogen-bond donors (Lipinski definition) is 3. The van der Waals surface area contributed by atoms with Crippen LogP contribution in [0, 0.1) is 13.8 Å². The predicted octanol–water partition coefficient (Wildman–Crippen LogP) is 1.34. The van der Waals surface area contributed by atoms with Crippen LogP contribution in [0.2, 0.25) is 0 Å². The highest BCUT2D eigenvalue weighted by atomic mass is 16.3. The van der Waals surface area contributed by atoms with Crippen LogP contribution in [0.15, 0.2) is 29.1 Å². The van der Waals surface area contributed by atoms with Crippen LogP contribution in [-0.4, -0.2) is 27.5 Å². The molecule has 0 aliphatic heterocycles. The van der Waals surface area contributed by atoms with E-state index >= 15 is 0 Å². The number of aryl methyl sites for hydroxylation is 3. The Balaban J connectivity index is 1.80. The maximum atomic E-state index is 12.3. The zero-order valence-corrected chi connectivity index (χ0v) is 13.8. The molecule has 0 radical (unpaired) electrons. The quantitative estimate of drug-likeness (QED) is 0.793. The Morgan fingerprint density at radius 1 is 1.38 bits per heavy atom. The van der Waals surface area contributed by atoms with Crippen LogP contribution in [0.3, 0.4) is 0 Å². The van der Waals surface area contributed by atoms with E-state index in [0.29, 0.717) is 17.8 Å². The number of carbonyl (C=O) groups is 1. The van der Waals surface area contributed by atoms with Crippen molar-refractivity contribution < 1.29 is 9.90 Å². The molecule has 6 nitrogen and oxygen atoms in total. The third-order valence-corrected chi connectivity index (χ3v) is 4.65. The Morgan fingerprint density at radius 2 is 2.12 bits per heavy atom. The lowest BCUT2D eigenvalue weighted by Crippen LogP contribution is -2.44. The third kappa shape index (κ3) is 2.97. The molecule has 1 aromatic carbocycles. The van der Waals surface area contributed by atoms with Crippen LogP contribution < -0.4 is 10.9 Å². The Morgan fingerprint density at radius 3 is 2.92 bits per heavy atom. The number of aromatic amines is 1. The van der Waals surface area contributed by atoms with Crippen molar-refractivity contribution in [3.05, 3.63) is 62.8 Å². The molecule has 0 bridgehead atoms. The van der Waals surface area contributed by atoms with Crippen LogP contribution in [-0.2, 0) is 12.0 Å². The van der Waals surface area contributed by atoms with Gasteiger partial charge in [0.05, 0.1) is 12.2 Å². The summed E-state index contributed by atoms with van der Waals surface area (Å²) in [5.74, 6) is -0.573. The number of benzene rings is 1. The molecule has 0 saturated carbocycles. The molecule has 1 heterocycles. The fraction of sp³-hybridized carbons (Fsp3) is 0.389. The van der Waals surface area contributed by atoms with E-state index < -0.39 is 17.1 Å². The first kappa shape index (κ1) is 16.4. The Hall–Kier alpha value is -2.47. The standard InChI is InChI=1S/C18H21N3O3/c1-11-12(2)21-17(23)15(20-11)16(22)19-10-18(24)9-5-7-13-6-3-4-8-14(13)18/h3-4,6,8,24H,5,7,9-10H2,1-2H3,(H,19,22)(H,21,23). The molecular formula is C18H21N3O3. The molecule has 126 valence electrons. The summed E-state index contributed by atoms with van der Waals surface area (Å²) >= 11 is 0. The second kappa shape index (κ2) is 6.20. The molecule has 2 aromatic rings. The van der Waals surface area contributed by atoms with Gasteiger partial charge in [-0.15, -0.1) is 0 Å². The first-order valence-electron chi connectivity index (χ1n) is 8.07. The number of hydrogen-bond acceptors (Lipinski definition) is 4. The molecule has 1 amide bonds. The fourth-order valence-electron chi connectivity index (χ4n) is 3.17. The lowest BCUT2D eigenvalue weighted by atomic mass is 9.79. The monoisotopic (exact) mass is 327 g/mol. The van der Waals surface area contributed by atoms with Gasteiger partial charge in [-0.3, -0.25) is 9.59 Å². The molecule has 6 heteroatoms. The maximum absolute atomic E-state index is 12.3. The van der Waals surface area contributed by atoms with E-state index in [-0.39, 0.29) is 12.2 Å². The number of carbonyl (C=O) groups excluding carboxylic acids is 1. The van der Waals surface area contributed by atoms with Gasteiger partial charge in [0.2, 0.25) is 0 Å². The number of rotatable bonds is 3. The summed E-state index contributed by atoms with van der Waals surface area (Å²) in [4.78, 5) is 30.9. The average molecular weight is 327 g/mol. The number of fused-ring (bicyclic) bond motifs is 1. The zero-order valence-electron chi connectivity index (χ0n) is 13.8. The summed E-state index contributed by atoms with van der Waals surface area (Å²) in [7, 11) is 0. The predicted molar refractivity (Wildman–Crippen MR) is 89.9 cm³/mol. The van der Waals surface area contributed by atoms with Gasteiger partial charge in [0.1, 0.15) is 5.60 Å². The molecule has 24 heavy (non-hydrogen) atoms. The highest BCUT2D eigenvalue weighted by molar-refractivity contribution is 5.92. The first-order valence-corrected chi connectivity index (χ1v) is 8.07. The Kier molecular flexibility index (Phi) is 4.24. The average Bonchev–Trinajstić information content (AvgIpc) is 2.56. The third-order valence-electron chi connectivity index (χ3n) is 4.65. The Labute approximate surface area is 140 Å². The van der Waals surface area contributed by atoms with Gasteiger partial charge in [-0.2, -0.15) is 0 Å². The normalized spacial score (nSPS) is 19.6. The minimum Gasteiger partial charge on any atom is -0.383 e. The van der Waals surface area contributed by atoms with Crippen molar-refractivity contribution >= 4 is 5.91 Å². The molecule has 0 saturated heterocycles. The topological polar surface area (TPSA) is 95.1 Å². The van der Waals surface area contributed by atoms with Crippen LogP contribution in [0.1, 0.15) is 45.8 Å². The lowest BCUT2D eigenvalue weighted by Gasteiger charge is -2.34. The van der Waals surface area contributed by atoms with Gasteiger partial charge < -0.3 is 15.4 Å². The second-order valence-corrected chi connectivity index (χ2v) is 6.35. The summed E-state index contributed by atoms with van der Waals surface area (Å²) in [5, 5.41) is 13.6. The van der Waals surface area contributed by atoms with Gasteiger partial charge in [0.15, 0.2) is 5.69 Å². The van der Waals surface area contributed by atoms with Crippen LogP contribution in [0.25, 0.3) is 0 Å². The van der Waals surface area contributed by atoms with Gasteiger partial charge in [0, 0.05) is 5.69 Å². The van der Waals surface area contributed by atoms with Crippen LogP contribution >= 0.6 is 0 Å². The number of nitrogens with zero attached hydrogens (tertiary/aromatic N) is 1. The number of aromatic nitrogens is 2. The van der Waals surface area contributed by atoms with Gasteiger partial charge in [-0.1, -0.05) is 24.3 Å². The van der Waals surface area contributed by atoms with E-state index in [1.807, 2.05) is 24.3 Å². The van der Waals surface area contributed by atoms with Crippen molar-refractivity contribution in [3.8, 4) is 0 Å². The van der Waals surface area contributed by atoms with Gasteiger partial charge >= 0.3 is 0 Å². The van der Waals surface area contributed by atoms with Gasteiger partial charge in [-0.05, 0) is 44.2 Å². The highest BCUT2D eigenvalue weighted by Gasteiger charge is 2.34. The molecule has 1 aromatic heterocycles. The van der Waals surface area contributed by atoms with E-state index in [9.17, 15) is 14.7 Å². The maximum Gasteiger partial charge on any atom is 0.279 e. The summed E-state index contributed by atoms with van der Waals surface area (Å²) < 4.78 is 0. The fourth-order valence-corrected chi connectivity index (χ4v) is 3.17. The van der Waals surface area contributed by atoms with Crippen LogP contribution in [0.5, 0.6) is 0 Å². The molecule has 3 N–H and O–H groups in total.